The number of benzene rings is 1. The van der Waals surface area contributed by atoms with Crippen LogP contribution in [0.15, 0.2) is 29.2 Å². The number of hydrogen-bond donors (Lipinski definition) is 2. The number of alkyl carbamates (subject to hydrolysis) is 1. The molecule has 0 aliphatic heterocycles. The number of ether oxygens (including phenoxy) is 2. The van der Waals surface area contributed by atoms with Crippen LogP contribution in [0.25, 0.3) is 10.8 Å². The lowest BCUT2D eigenvalue weighted by Gasteiger charge is -2.31. The minimum absolute atomic E-state index is 0.0994. The Kier molecular flexibility index (Phi) is 8.94. The van der Waals surface area contributed by atoms with E-state index in [9.17, 15) is 9.59 Å². The van der Waals surface area contributed by atoms with Crippen LogP contribution in [0.2, 0.25) is 30.7 Å². The summed E-state index contributed by atoms with van der Waals surface area (Å²) < 4.78 is 12.7. The van der Waals surface area contributed by atoms with Gasteiger partial charge in [0, 0.05) is 49.4 Å². The van der Waals surface area contributed by atoms with E-state index in [0.717, 1.165) is 42.8 Å². The van der Waals surface area contributed by atoms with Gasteiger partial charge in [-0.2, -0.15) is 0 Å². The van der Waals surface area contributed by atoms with Gasteiger partial charge in [0.25, 0.3) is 5.56 Å². The van der Waals surface area contributed by atoms with Crippen LogP contribution in [0.3, 0.4) is 0 Å². The fraction of sp³-hybridized carbons (Fsp3) is 0.615. The molecule has 35 heavy (non-hydrogen) atoms. The molecule has 0 atom stereocenters. The molecule has 1 amide bonds. The van der Waals surface area contributed by atoms with Crippen molar-refractivity contribution >= 4 is 42.2 Å². The summed E-state index contributed by atoms with van der Waals surface area (Å²) in [6.07, 6.45) is 4.94. The second kappa shape index (κ2) is 11.4. The van der Waals surface area contributed by atoms with Gasteiger partial charge in [-0.3, -0.25) is 9.36 Å². The van der Waals surface area contributed by atoms with Crippen LogP contribution in [-0.2, 0) is 16.2 Å². The molecule has 0 unspecified atom stereocenters. The van der Waals surface area contributed by atoms with Crippen molar-refractivity contribution in [2.75, 3.05) is 11.9 Å². The van der Waals surface area contributed by atoms with Crippen molar-refractivity contribution in [2.24, 2.45) is 0 Å². The third-order valence-electron chi connectivity index (χ3n) is 6.08. The van der Waals surface area contributed by atoms with Gasteiger partial charge in [0.15, 0.2) is 0 Å². The molecular formula is C26H40ClN3O4Si. The van der Waals surface area contributed by atoms with Crippen molar-refractivity contribution in [3.05, 3.63) is 39.8 Å². The number of carbonyl (C=O) groups is 1. The van der Waals surface area contributed by atoms with Gasteiger partial charge in [0.05, 0.1) is 5.02 Å². The van der Waals surface area contributed by atoms with Crippen LogP contribution < -0.4 is 16.2 Å². The summed E-state index contributed by atoms with van der Waals surface area (Å²) in [5.74, 6) is 0. The number of rotatable bonds is 8. The highest BCUT2D eigenvalue weighted by Crippen LogP contribution is 2.27. The lowest BCUT2D eigenvalue weighted by atomic mass is 9.91. The smallest absolute Gasteiger partial charge is 0.407 e. The summed E-state index contributed by atoms with van der Waals surface area (Å²) in [6.45, 7) is 13.3. The van der Waals surface area contributed by atoms with Gasteiger partial charge in [0.1, 0.15) is 12.3 Å². The molecule has 1 fully saturated rings. The number of pyridine rings is 1. The van der Waals surface area contributed by atoms with Crippen molar-refractivity contribution in [1.29, 1.82) is 0 Å². The Morgan fingerprint density at radius 2 is 1.77 bits per heavy atom. The third-order valence-corrected chi connectivity index (χ3v) is 8.09. The molecule has 1 aromatic heterocycles. The SMILES string of the molecule is CC(C)(C)OC(=O)N[C@H]1CC[C@H](Nc2ccc3c(=O)n(COCC[Si](C)(C)C)cc(Cl)c3c2)CC1. The number of carbonyl (C=O) groups excluding carboxylic acids is 1. The summed E-state index contributed by atoms with van der Waals surface area (Å²) in [5, 5.41) is 8.40. The quantitative estimate of drug-likeness (QED) is 0.318. The minimum atomic E-state index is -1.18. The highest BCUT2D eigenvalue weighted by molar-refractivity contribution is 6.76. The van der Waals surface area contributed by atoms with Crippen molar-refractivity contribution in [2.45, 2.75) is 96.6 Å². The predicted octanol–water partition coefficient (Wildman–Crippen LogP) is 6.22. The van der Waals surface area contributed by atoms with E-state index in [4.69, 9.17) is 21.1 Å². The molecule has 0 bridgehead atoms. The van der Waals surface area contributed by atoms with E-state index in [1.54, 1.807) is 10.8 Å². The van der Waals surface area contributed by atoms with Crippen LogP contribution >= 0.6 is 11.6 Å². The van der Waals surface area contributed by atoms with Crippen LogP contribution in [0, 0.1) is 0 Å². The van der Waals surface area contributed by atoms with E-state index in [1.165, 1.54) is 0 Å². The van der Waals surface area contributed by atoms with E-state index < -0.39 is 13.7 Å². The fourth-order valence-electron chi connectivity index (χ4n) is 4.17. The van der Waals surface area contributed by atoms with E-state index in [-0.39, 0.29) is 24.4 Å². The summed E-state index contributed by atoms with van der Waals surface area (Å²) in [5.41, 5.74) is 0.341. The van der Waals surface area contributed by atoms with Crippen molar-refractivity contribution < 1.29 is 14.3 Å². The molecule has 1 aliphatic rings. The maximum atomic E-state index is 13.0. The maximum absolute atomic E-state index is 13.0. The summed E-state index contributed by atoms with van der Waals surface area (Å²) in [7, 11) is -1.18. The largest absolute Gasteiger partial charge is 0.444 e. The Balaban J connectivity index is 1.58. The number of hydrogen-bond acceptors (Lipinski definition) is 5. The van der Waals surface area contributed by atoms with E-state index in [0.29, 0.717) is 23.1 Å². The molecule has 194 valence electrons. The summed E-state index contributed by atoms with van der Waals surface area (Å²) in [4.78, 5) is 25.0. The number of halogens is 1. The van der Waals surface area contributed by atoms with Gasteiger partial charge in [0.2, 0.25) is 0 Å². The molecule has 0 radical (unpaired) electrons. The Morgan fingerprint density at radius 3 is 2.40 bits per heavy atom. The second-order valence-electron chi connectivity index (χ2n) is 11.7. The van der Waals surface area contributed by atoms with Crippen LogP contribution in [0.5, 0.6) is 0 Å². The normalized spacial score (nSPS) is 18.9. The van der Waals surface area contributed by atoms with Crippen LogP contribution in [0.1, 0.15) is 46.5 Å². The monoisotopic (exact) mass is 521 g/mol. The molecule has 0 spiro atoms. The summed E-state index contributed by atoms with van der Waals surface area (Å²) >= 11 is 6.56. The lowest BCUT2D eigenvalue weighted by Crippen LogP contribution is -2.42. The van der Waals surface area contributed by atoms with Crippen LogP contribution in [0.4, 0.5) is 10.5 Å². The van der Waals surface area contributed by atoms with Crippen molar-refractivity contribution in [3.8, 4) is 0 Å². The molecule has 1 aromatic carbocycles. The van der Waals surface area contributed by atoms with Gasteiger partial charge >= 0.3 is 6.09 Å². The molecular weight excluding hydrogens is 482 g/mol. The first-order chi connectivity index (χ1) is 16.3. The number of anilines is 1. The zero-order valence-electron chi connectivity index (χ0n) is 21.9. The molecule has 1 aliphatic carbocycles. The number of amides is 1. The number of nitrogens with zero attached hydrogens (tertiary/aromatic N) is 1. The zero-order valence-corrected chi connectivity index (χ0v) is 23.6. The minimum Gasteiger partial charge on any atom is -0.444 e. The number of fused-ring (bicyclic) bond motifs is 1. The van der Waals surface area contributed by atoms with E-state index in [2.05, 4.69) is 30.3 Å². The first-order valence-electron chi connectivity index (χ1n) is 12.5. The first kappa shape index (κ1) is 27.6. The molecule has 3 rings (SSSR count). The zero-order chi connectivity index (χ0) is 25.8. The van der Waals surface area contributed by atoms with Crippen molar-refractivity contribution in [3.63, 3.8) is 0 Å². The molecule has 7 nitrogen and oxygen atoms in total. The fourth-order valence-corrected chi connectivity index (χ4v) is 5.20. The van der Waals surface area contributed by atoms with E-state index >= 15 is 0 Å². The maximum Gasteiger partial charge on any atom is 0.407 e. The Labute approximate surface area is 214 Å². The van der Waals surface area contributed by atoms with Gasteiger partial charge in [-0.05, 0) is 70.7 Å². The molecule has 0 saturated heterocycles. The average molecular weight is 522 g/mol. The predicted molar refractivity (Wildman–Crippen MR) is 146 cm³/mol. The number of aromatic nitrogens is 1. The highest BCUT2D eigenvalue weighted by atomic mass is 35.5. The first-order valence-corrected chi connectivity index (χ1v) is 16.6. The van der Waals surface area contributed by atoms with Gasteiger partial charge < -0.3 is 20.1 Å². The number of nitrogens with one attached hydrogen (secondary N) is 2. The molecule has 2 aromatic rings. The Bertz CT molecular complexity index is 1080. The van der Waals surface area contributed by atoms with Gasteiger partial charge in [-0.15, -0.1) is 0 Å². The lowest BCUT2D eigenvalue weighted by molar-refractivity contribution is 0.0492. The molecule has 9 heteroatoms. The van der Waals surface area contributed by atoms with Gasteiger partial charge in [-0.25, -0.2) is 4.79 Å². The summed E-state index contributed by atoms with van der Waals surface area (Å²) in [6, 6.07) is 7.18. The average Bonchev–Trinajstić information content (AvgIpc) is 2.74. The van der Waals surface area contributed by atoms with E-state index in [1.807, 2.05) is 39.0 Å². The molecule has 1 heterocycles. The van der Waals surface area contributed by atoms with Gasteiger partial charge in [-0.1, -0.05) is 31.2 Å². The Hall–Kier alpha value is -2.03. The highest BCUT2D eigenvalue weighted by Gasteiger charge is 2.25. The molecule has 2 N–H and O–H groups in total. The second-order valence-corrected chi connectivity index (χ2v) is 17.7. The Morgan fingerprint density at radius 1 is 1.11 bits per heavy atom. The molecule has 1 saturated carbocycles. The standard InChI is InChI=1S/C26H40ClN3O4Si/c1-26(2,3)34-25(32)29-19-9-7-18(8-10-19)28-20-11-12-21-22(15-20)23(27)16-30(24(21)31)17-33-13-14-35(4,5)6/h11-12,15-16,18-19,28H,7-10,13-14,17H2,1-6H3,(H,29,32)/t18-,19-. The van der Waals surface area contributed by atoms with Crippen molar-refractivity contribution in [1.82, 2.24) is 9.88 Å². The topological polar surface area (TPSA) is 81.6 Å². The van der Waals surface area contributed by atoms with Crippen LogP contribution in [-0.4, -0.2) is 43.0 Å². The third kappa shape index (κ3) is 8.54.